The average molecular weight is 254 g/mol. The van der Waals surface area contributed by atoms with E-state index in [1.807, 2.05) is 0 Å². The highest BCUT2D eigenvalue weighted by molar-refractivity contribution is 5.50. The second kappa shape index (κ2) is 4.11. The fraction of sp³-hybridized carbons (Fsp3) is 0.684. The lowest BCUT2D eigenvalue weighted by atomic mass is 9.54. The lowest BCUT2D eigenvalue weighted by molar-refractivity contribution is 0.0906. The Morgan fingerprint density at radius 3 is 3.00 bits per heavy atom. The third-order valence-corrected chi connectivity index (χ3v) is 6.57. The Morgan fingerprint density at radius 1 is 1.21 bits per heavy atom. The molecular weight excluding hydrogens is 228 g/mol. The van der Waals surface area contributed by atoms with Crippen LogP contribution in [0.2, 0.25) is 0 Å². The van der Waals surface area contributed by atoms with Crippen LogP contribution in [-0.2, 0) is 0 Å². The van der Waals surface area contributed by atoms with E-state index in [1.165, 1.54) is 38.5 Å². The molecular formula is C19H26. The van der Waals surface area contributed by atoms with Crippen molar-refractivity contribution in [2.45, 2.75) is 52.4 Å². The molecule has 0 saturated heterocycles. The molecule has 0 amide bonds. The molecule has 5 atom stereocenters. The topological polar surface area (TPSA) is 0 Å². The lowest BCUT2D eigenvalue weighted by Crippen LogP contribution is -2.40. The molecule has 19 heavy (non-hydrogen) atoms. The first-order valence-electron chi connectivity index (χ1n) is 8.29. The van der Waals surface area contributed by atoms with E-state index in [1.54, 1.807) is 11.1 Å². The zero-order valence-electron chi connectivity index (χ0n) is 12.4. The summed E-state index contributed by atoms with van der Waals surface area (Å²) in [5.74, 6) is 3.82. The van der Waals surface area contributed by atoms with E-state index >= 15 is 0 Å². The predicted octanol–water partition coefficient (Wildman–Crippen LogP) is 5.28. The van der Waals surface area contributed by atoms with Crippen LogP contribution in [0.3, 0.4) is 0 Å². The molecule has 4 aliphatic carbocycles. The number of hydrogen-bond acceptors (Lipinski definition) is 0. The van der Waals surface area contributed by atoms with Gasteiger partial charge >= 0.3 is 0 Å². The maximum absolute atomic E-state index is 2.63. The first-order chi connectivity index (χ1) is 9.19. The SMILES string of the molecule is CC1CCCC2CC=C3C4=CC=C[C@@]4(C)CC[C@@H]3[C@@H]12. The molecule has 4 rings (SSSR count). The minimum Gasteiger partial charge on any atom is -0.0804 e. The van der Waals surface area contributed by atoms with Gasteiger partial charge in [-0.25, -0.2) is 0 Å². The Morgan fingerprint density at radius 2 is 2.11 bits per heavy atom. The first-order valence-corrected chi connectivity index (χ1v) is 8.29. The van der Waals surface area contributed by atoms with E-state index in [4.69, 9.17) is 0 Å². The van der Waals surface area contributed by atoms with E-state index in [9.17, 15) is 0 Å². The second-order valence-electron chi connectivity index (χ2n) is 7.64. The smallest absolute Gasteiger partial charge is 0.0110 e. The van der Waals surface area contributed by atoms with E-state index in [2.05, 4.69) is 38.2 Å². The standard InChI is InChI=1S/C19H26/c1-13-5-3-6-14-8-9-15-16(18(13)14)10-12-19(2)11-4-7-17(15)19/h4,7,9,11,13-14,16,18H,3,5-6,8,10,12H2,1-2H3/t13?,14?,16-,18-,19-/m0/s1. The quantitative estimate of drug-likeness (QED) is 0.551. The highest BCUT2D eigenvalue weighted by Crippen LogP contribution is 2.57. The van der Waals surface area contributed by atoms with Crippen molar-refractivity contribution in [2.24, 2.45) is 29.1 Å². The van der Waals surface area contributed by atoms with Gasteiger partial charge in [0.15, 0.2) is 0 Å². The van der Waals surface area contributed by atoms with Gasteiger partial charge in [-0.2, -0.15) is 0 Å². The number of fused-ring (bicyclic) bond motifs is 5. The van der Waals surface area contributed by atoms with Gasteiger partial charge in [0.05, 0.1) is 0 Å². The zero-order chi connectivity index (χ0) is 13.0. The summed E-state index contributed by atoms with van der Waals surface area (Å²) in [6, 6.07) is 0. The Hall–Kier alpha value is -0.780. The molecule has 0 nitrogen and oxygen atoms in total. The summed E-state index contributed by atoms with van der Waals surface area (Å²) in [5.41, 5.74) is 3.78. The minimum atomic E-state index is 0.368. The first kappa shape index (κ1) is 12.0. The van der Waals surface area contributed by atoms with Crippen LogP contribution in [0, 0.1) is 29.1 Å². The maximum Gasteiger partial charge on any atom is 0.0110 e. The number of allylic oxidation sites excluding steroid dienone is 6. The van der Waals surface area contributed by atoms with Gasteiger partial charge in [0.25, 0.3) is 0 Å². The molecule has 0 radical (unpaired) electrons. The molecule has 0 aromatic rings. The minimum absolute atomic E-state index is 0.368. The van der Waals surface area contributed by atoms with Crippen molar-refractivity contribution in [3.8, 4) is 0 Å². The fourth-order valence-corrected chi connectivity index (χ4v) is 5.58. The van der Waals surface area contributed by atoms with Gasteiger partial charge in [0.2, 0.25) is 0 Å². The van der Waals surface area contributed by atoms with Gasteiger partial charge in [-0.1, -0.05) is 51.0 Å². The molecule has 2 unspecified atom stereocenters. The van der Waals surface area contributed by atoms with Crippen molar-refractivity contribution in [1.29, 1.82) is 0 Å². The van der Waals surface area contributed by atoms with Crippen LogP contribution < -0.4 is 0 Å². The van der Waals surface area contributed by atoms with Crippen molar-refractivity contribution in [2.75, 3.05) is 0 Å². The summed E-state index contributed by atoms with van der Waals surface area (Å²) in [6.45, 7) is 4.96. The van der Waals surface area contributed by atoms with E-state index < -0.39 is 0 Å². The van der Waals surface area contributed by atoms with E-state index in [0.717, 1.165) is 23.7 Å². The molecule has 0 spiro atoms. The van der Waals surface area contributed by atoms with Crippen molar-refractivity contribution in [1.82, 2.24) is 0 Å². The Kier molecular flexibility index (Phi) is 2.59. The number of rotatable bonds is 0. The third kappa shape index (κ3) is 1.65. The molecule has 0 heterocycles. The lowest BCUT2D eigenvalue weighted by Gasteiger charge is -2.50. The van der Waals surface area contributed by atoms with Gasteiger partial charge in [0, 0.05) is 5.41 Å². The van der Waals surface area contributed by atoms with Crippen LogP contribution in [0.15, 0.2) is 35.5 Å². The molecule has 0 bridgehead atoms. The fourth-order valence-electron chi connectivity index (χ4n) is 5.58. The van der Waals surface area contributed by atoms with Crippen LogP contribution in [0.5, 0.6) is 0 Å². The van der Waals surface area contributed by atoms with Crippen LogP contribution in [0.25, 0.3) is 0 Å². The van der Waals surface area contributed by atoms with Gasteiger partial charge in [-0.3, -0.25) is 0 Å². The molecule has 2 fully saturated rings. The van der Waals surface area contributed by atoms with Crippen molar-refractivity contribution in [3.05, 3.63) is 35.5 Å². The summed E-state index contributed by atoms with van der Waals surface area (Å²) < 4.78 is 0. The number of hydrogen-bond donors (Lipinski definition) is 0. The molecule has 102 valence electrons. The van der Waals surface area contributed by atoms with Crippen LogP contribution in [0.1, 0.15) is 52.4 Å². The van der Waals surface area contributed by atoms with Crippen molar-refractivity contribution in [3.63, 3.8) is 0 Å². The van der Waals surface area contributed by atoms with Crippen LogP contribution in [0.4, 0.5) is 0 Å². The Bertz CT molecular complexity index is 478. The van der Waals surface area contributed by atoms with E-state index in [0.29, 0.717) is 5.41 Å². The monoisotopic (exact) mass is 254 g/mol. The Balaban J connectivity index is 1.72. The summed E-state index contributed by atoms with van der Waals surface area (Å²) >= 11 is 0. The zero-order valence-corrected chi connectivity index (χ0v) is 12.4. The van der Waals surface area contributed by atoms with Gasteiger partial charge in [-0.05, 0) is 60.5 Å². The normalized spacial score (nSPS) is 47.9. The molecule has 0 heteroatoms. The maximum atomic E-state index is 2.63. The molecule has 0 N–H and O–H groups in total. The molecule has 0 aromatic heterocycles. The van der Waals surface area contributed by atoms with Crippen LogP contribution in [-0.4, -0.2) is 0 Å². The predicted molar refractivity (Wildman–Crippen MR) is 80.7 cm³/mol. The van der Waals surface area contributed by atoms with E-state index in [-0.39, 0.29) is 0 Å². The molecule has 0 aliphatic heterocycles. The average Bonchev–Trinajstić information content (AvgIpc) is 2.80. The second-order valence-corrected chi connectivity index (χ2v) is 7.64. The van der Waals surface area contributed by atoms with Crippen LogP contribution >= 0.6 is 0 Å². The highest BCUT2D eigenvalue weighted by atomic mass is 14.5. The highest BCUT2D eigenvalue weighted by Gasteiger charge is 2.46. The molecule has 2 saturated carbocycles. The van der Waals surface area contributed by atoms with Crippen molar-refractivity contribution >= 4 is 0 Å². The Labute approximate surface area is 117 Å². The largest absolute Gasteiger partial charge is 0.0804 e. The van der Waals surface area contributed by atoms with Gasteiger partial charge in [0.1, 0.15) is 0 Å². The summed E-state index contributed by atoms with van der Waals surface area (Å²) in [5, 5.41) is 0. The van der Waals surface area contributed by atoms with Gasteiger partial charge < -0.3 is 0 Å². The summed E-state index contributed by atoms with van der Waals surface area (Å²) in [6.07, 6.45) is 18.4. The van der Waals surface area contributed by atoms with Gasteiger partial charge in [-0.15, -0.1) is 0 Å². The summed E-state index contributed by atoms with van der Waals surface area (Å²) in [7, 11) is 0. The summed E-state index contributed by atoms with van der Waals surface area (Å²) in [4.78, 5) is 0. The third-order valence-electron chi connectivity index (χ3n) is 6.57. The molecule has 0 aromatic carbocycles. The molecule has 4 aliphatic rings. The van der Waals surface area contributed by atoms with Crippen molar-refractivity contribution < 1.29 is 0 Å².